The Balaban J connectivity index is 2.01. The van der Waals surface area contributed by atoms with Crippen LogP contribution in [0.4, 0.5) is 0 Å². The molecular formula is C14H16ClNO2. The first kappa shape index (κ1) is 13.0. The zero-order chi connectivity index (χ0) is 13.0. The van der Waals surface area contributed by atoms with Crippen molar-refractivity contribution in [2.45, 2.75) is 25.1 Å². The molecule has 0 aliphatic heterocycles. The summed E-state index contributed by atoms with van der Waals surface area (Å²) in [5.41, 5.74) is 1.31. The number of furan rings is 1. The molecule has 4 heteroatoms. The summed E-state index contributed by atoms with van der Waals surface area (Å²) in [5, 5.41) is 3.82. The number of amides is 1. The van der Waals surface area contributed by atoms with Gasteiger partial charge < -0.3 is 9.73 Å². The van der Waals surface area contributed by atoms with E-state index in [0.717, 1.165) is 23.8 Å². The van der Waals surface area contributed by atoms with Crippen LogP contribution in [0.3, 0.4) is 0 Å². The van der Waals surface area contributed by atoms with Crippen LogP contribution in [0, 0.1) is 0 Å². The maximum absolute atomic E-state index is 12.0. The average molecular weight is 266 g/mol. The first-order valence-electron chi connectivity index (χ1n) is 6.11. The first-order valence-corrected chi connectivity index (χ1v) is 6.54. The van der Waals surface area contributed by atoms with Gasteiger partial charge in [-0.2, -0.15) is 0 Å². The molecule has 0 saturated carbocycles. The summed E-state index contributed by atoms with van der Waals surface area (Å²) in [6, 6.07) is 7.50. The Morgan fingerprint density at radius 2 is 2.22 bits per heavy atom. The van der Waals surface area contributed by atoms with Crippen molar-refractivity contribution in [3.63, 3.8) is 0 Å². The zero-order valence-corrected chi connectivity index (χ0v) is 11.0. The minimum absolute atomic E-state index is 0.111. The number of halogens is 1. The third-order valence-electron chi connectivity index (χ3n) is 2.91. The van der Waals surface area contributed by atoms with E-state index in [2.05, 4.69) is 5.32 Å². The van der Waals surface area contributed by atoms with Gasteiger partial charge >= 0.3 is 0 Å². The summed E-state index contributed by atoms with van der Waals surface area (Å²) in [6.45, 7) is 2.61. The molecule has 1 amide bonds. The van der Waals surface area contributed by atoms with Crippen molar-refractivity contribution < 1.29 is 9.21 Å². The van der Waals surface area contributed by atoms with Gasteiger partial charge in [-0.15, -0.1) is 11.6 Å². The van der Waals surface area contributed by atoms with Gasteiger partial charge in [0.1, 0.15) is 11.8 Å². The summed E-state index contributed by atoms with van der Waals surface area (Å²) < 4.78 is 5.33. The number of carbonyl (C=O) groups excluding carboxylic acids is 1. The van der Waals surface area contributed by atoms with E-state index in [-0.39, 0.29) is 11.3 Å². The van der Waals surface area contributed by atoms with Crippen LogP contribution >= 0.6 is 11.6 Å². The quantitative estimate of drug-likeness (QED) is 0.840. The molecule has 2 aromatic rings. The summed E-state index contributed by atoms with van der Waals surface area (Å²) in [5.74, 6) is -0.111. The molecule has 0 radical (unpaired) electrons. The lowest BCUT2D eigenvalue weighted by Crippen LogP contribution is -2.25. The number of benzene rings is 1. The second-order valence-corrected chi connectivity index (χ2v) is 4.81. The molecular weight excluding hydrogens is 250 g/mol. The maximum Gasteiger partial charge on any atom is 0.255 e. The number of alkyl halides is 1. The molecule has 0 saturated heterocycles. The zero-order valence-electron chi connectivity index (χ0n) is 10.3. The number of rotatable bonds is 5. The molecule has 0 aliphatic rings. The molecule has 2 rings (SSSR count). The van der Waals surface area contributed by atoms with Gasteiger partial charge in [0.15, 0.2) is 0 Å². The van der Waals surface area contributed by atoms with Gasteiger partial charge in [-0.1, -0.05) is 25.1 Å². The smallest absolute Gasteiger partial charge is 0.255 e. The molecule has 1 aromatic heterocycles. The van der Waals surface area contributed by atoms with Crippen molar-refractivity contribution in [2.24, 2.45) is 0 Å². The van der Waals surface area contributed by atoms with E-state index in [1.165, 1.54) is 6.26 Å². The van der Waals surface area contributed by atoms with E-state index in [4.69, 9.17) is 16.0 Å². The Hall–Kier alpha value is -1.48. The molecule has 0 bridgehead atoms. The van der Waals surface area contributed by atoms with Crippen LogP contribution in [-0.4, -0.2) is 17.8 Å². The molecule has 1 unspecified atom stereocenters. The van der Waals surface area contributed by atoms with Crippen molar-refractivity contribution in [1.29, 1.82) is 0 Å². The lowest BCUT2D eigenvalue weighted by atomic mass is 10.1. The molecule has 0 fully saturated rings. The highest BCUT2D eigenvalue weighted by atomic mass is 35.5. The highest BCUT2D eigenvalue weighted by molar-refractivity contribution is 6.20. The second-order valence-electron chi connectivity index (χ2n) is 4.20. The number of fused-ring (bicyclic) bond motifs is 1. The van der Waals surface area contributed by atoms with Crippen LogP contribution < -0.4 is 5.32 Å². The standard InChI is InChI=1S/C14H16ClNO2/c1-2-10(15)7-8-16-14(17)12-9-18-13-6-4-3-5-11(12)13/h3-6,9-10H,2,7-8H2,1H3,(H,16,17). The number of hydrogen-bond acceptors (Lipinski definition) is 2. The Bertz CT molecular complexity index is 535. The molecule has 0 spiro atoms. The first-order chi connectivity index (χ1) is 8.72. The fourth-order valence-corrected chi connectivity index (χ4v) is 1.90. The maximum atomic E-state index is 12.0. The van der Waals surface area contributed by atoms with E-state index in [0.29, 0.717) is 12.1 Å². The molecule has 18 heavy (non-hydrogen) atoms. The van der Waals surface area contributed by atoms with Crippen LogP contribution in [0.2, 0.25) is 0 Å². The van der Waals surface area contributed by atoms with Gasteiger partial charge in [-0.25, -0.2) is 0 Å². The minimum atomic E-state index is -0.111. The molecule has 3 nitrogen and oxygen atoms in total. The van der Waals surface area contributed by atoms with Gasteiger partial charge in [0, 0.05) is 17.3 Å². The van der Waals surface area contributed by atoms with E-state index < -0.39 is 0 Å². The highest BCUT2D eigenvalue weighted by Gasteiger charge is 2.13. The van der Waals surface area contributed by atoms with Gasteiger partial charge in [-0.3, -0.25) is 4.79 Å². The van der Waals surface area contributed by atoms with Crippen LogP contribution in [0.15, 0.2) is 34.9 Å². The molecule has 1 heterocycles. The third kappa shape index (κ3) is 2.85. The minimum Gasteiger partial charge on any atom is -0.463 e. The van der Waals surface area contributed by atoms with Crippen LogP contribution in [0.1, 0.15) is 30.1 Å². The number of nitrogens with one attached hydrogen (secondary N) is 1. The summed E-state index contributed by atoms with van der Waals surface area (Å²) in [6.07, 6.45) is 3.18. The second kappa shape index (κ2) is 5.91. The normalized spacial score (nSPS) is 12.6. The molecule has 1 atom stereocenters. The highest BCUT2D eigenvalue weighted by Crippen LogP contribution is 2.20. The molecule has 1 aromatic carbocycles. The van der Waals surface area contributed by atoms with Crippen molar-refractivity contribution >= 4 is 28.5 Å². The largest absolute Gasteiger partial charge is 0.463 e. The molecule has 0 aliphatic carbocycles. The van der Waals surface area contributed by atoms with Crippen LogP contribution in [-0.2, 0) is 0 Å². The summed E-state index contributed by atoms with van der Waals surface area (Å²) in [7, 11) is 0. The predicted octanol–water partition coefficient (Wildman–Crippen LogP) is 3.57. The number of hydrogen-bond donors (Lipinski definition) is 1. The SMILES string of the molecule is CCC(Cl)CCNC(=O)c1coc2ccccc12. The Labute approximate surface area is 111 Å². The van der Waals surface area contributed by atoms with Crippen molar-refractivity contribution in [3.05, 3.63) is 36.1 Å². The average Bonchev–Trinajstić information content (AvgIpc) is 2.82. The van der Waals surface area contributed by atoms with Gasteiger partial charge in [0.25, 0.3) is 5.91 Å². The Morgan fingerprint density at radius 3 is 3.00 bits per heavy atom. The van der Waals surface area contributed by atoms with E-state index in [1.807, 2.05) is 31.2 Å². The van der Waals surface area contributed by atoms with Crippen molar-refractivity contribution in [1.82, 2.24) is 5.32 Å². The molecule has 96 valence electrons. The van der Waals surface area contributed by atoms with E-state index in [1.54, 1.807) is 0 Å². The van der Waals surface area contributed by atoms with Gasteiger partial charge in [0.05, 0.1) is 5.56 Å². The predicted molar refractivity (Wildman–Crippen MR) is 73.1 cm³/mol. The fourth-order valence-electron chi connectivity index (χ4n) is 1.80. The monoisotopic (exact) mass is 265 g/mol. The van der Waals surface area contributed by atoms with E-state index in [9.17, 15) is 4.79 Å². The van der Waals surface area contributed by atoms with Crippen LogP contribution in [0.5, 0.6) is 0 Å². The van der Waals surface area contributed by atoms with Crippen molar-refractivity contribution in [2.75, 3.05) is 6.54 Å². The van der Waals surface area contributed by atoms with Gasteiger partial charge in [0.2, 0.25) is 0 Å². The Kier molecular flexibility index (Phi) is 4.26. The number of para-hydroxylation sites is 1. The lowest BCUT2D eigenvalue weighted by molar-refractivity contribution is 0.0954. The van der Waals surface area contributed by atoms with Gasteiger partial charge in [-0.05, 0) is 18.9 Å². The molecule has 1 N–H and O–H groups in total. The topological polar surface area (TPSA) is 42.2 Å². The fraction of sp³-hybridized carbons (Fsp3) is 0.357. The van der Waals surface area contributed by atoms with Crippen molar-refractivity contribution in [3.8, 4) is 0 Å². The lowest BCUT2D eigenvalue weighted by Gasteiger charge is -2.07. The van der Waals surface area contributed by atoms with Crippen LogP contribution in [0.25, 0.3) is 11.0 Å². The summed E-state index contributed by atoms with van der Waals surface area (Å²) in [4.78, 5) is 12.0. The third-order valence-corrected chi connectivity index (χ3v) is 3.44. The number of carbonyl (C=O) groups is 1. The Morgan fingerprint density at radius 1 is 1.44 bits per heavy atom. The van der Waals surface area contributed by atoms with E-state index >= 15 is 0 Å². The summed E-state index contributed by atoms with van der Waals surface area (Å²) >= 11 is 6.00.